The molecule has 78 valence electrons. The number of fused-ring (bicyclic) bond motifs is 2. The van der Waals surface area contributed by atoms with Gasteiger partial charge in [-0.1, -0.05) is 22.0 Å². The van der Waals surface area contributed by atoms with Crippen molar-refractivity contribution in [3.8, 4) is 0 Å². The molecule has 2 nitrogen and oxygen atoms in total. The third kappa shape index (κ3) is 1.19. The third-order valence-corrected chi connectivity index (χ3v) is 4.36. The van der Waals surface area contributed by atoms with E-state index in [1.807, 2.05) is 0 Å². The van der Waals surface area contributed by atoms with Gasteiger partial charge in [-0.15, -0.1) is 0 Å². The summed E-state index contributed by atoms with van der Waals surface area (Å²) in [6.45, 7) is 0. The van der Waals surface area contributed by atoms with Gasteiger partial charge in [-0.25, -0.2) is 0 Å². The van der Waals surface area contributed by atoms with E-state index < -0.39 is 0 Å². The molecule has 0 bridgehead atoms. The fourth-order valence-electron chi connectivity index (χ4n) is 3.00. The largest absolute Gasteiger partial charge is 0.369 e. The summed E-state index contributed by atoms with van der Waals surface area (Å²) >= 11 is 3.48. The molecule has 2 aliphatic carbocycles. The highest BCUT2D eigenvalue weighted by molar-refractivity contribution is 9.10. The van der Waals surface area contributed by atoms with Crippen molar-refractivity contribution in [3.05, 3.63) is 33.8 Å². The standard InChI is InChI=1S/C12H12BrNO/c13-8-1-2-9-7(5-8)3-4-12(9)6-10(12)11(14)15/h1-2,5,10H,3-4,6H2,(H2,14,15)/t10-,12-/m0/s1. The van der Waals surface area contributed by atoms with Crippen molar-refractivity contribution in [2.75, 3.05) is 0 Å². The van der Waals surface area contributed by atoms with Crippen LogP contribution in [0.3, 0.4) is 0 Å². The highest BCUT2D eigenvalue weighted by Crippen LogP contribution is 2.61. The van der Waals surface area contributed by atoms with Gasteiger partial charge >= 0.3 is 0 Å². The summed E-state index contributed by atoms with van der Waals surface area (Å²) in [5, 5.41) is 0. The predicted octanol–water partition coefficient (Wildman–Crippen LogP) is 2.14. The van der Waals surface area contributed by atoms with E-state index >= 15 is 0 Å². The van der Waals surface area contributed by atoms with Crippen LogP contribution in [0.1, 0.15) is 24.0 Å². The van der Waals surface area contributed by atoms with E-state index in [9.17, 15) is 4.79 Å². The van der Waals surface area contributed by atoms with Gasteiger partial charge in [0.15, 0.2) is 0 Å². The number of amides is 1. The number of hydrogen-bond acceptors (Lipinski definition) is 1. The Bertz CT molecular complexity index is 457. The zero-order valence-electron chi connectivity index (χ0n) is 8.29. The molecular formula is C12H12BrNO. The molecule has 15 heavy (non-hydrogen) atoms. The average Bonchev–Trinajstić information content (AvgIpc) is 2.80. The van der Waals surface area contributed by atoms with Gasteiger partial charge in [0, 0.05) is 15.8 Å². The summed E-state index contributed by atoms with van der Waals surface area (Å²) in [5.41, 5.74) is 8.24. The molecule has 2 atom stereocenters. The predicted molar refractivity (Wildman–Crippen MR) is 61.4 cm³/mol. The fraction of sp³-hybridized carbons (Fsp3) is 0.417. The number of carbonyl (C=O) groups is 1. The topological polar surface area (TPSA) is 43.1 Å². The Morgan fingerprint density at radius 1 is 1.53 bits per heavy atom. The van der Waals surface area contributed by atoms with E-state index in [-0.39, 0.29) is 17.2 Å². The SMILES string of the molecule is NC(=O)[C@@H]1C[C@]12CCc1cc(Br)ccc12. The lowest BCUT2D eigenvalue weighted by Crippen LogP contribution is -2.19. The summed E-state index contributed by atoms with van der Waals surface area (Å²) in [5.74, 6) is -0.0503. The molecular weight excluding hydrogens is 254 g/mol. The number of aryl methyl sites for hydroxylation is 1. The van der Waals surface area contributed by atoms with Gasteiger partial charge in [-0.2, -0.15) is 0 Å². The Kier molecular flexibility index (Phi) is 1.78. The molecule has 0 aromatic heterocycles. The molecule has 1 amide bonds. The molecule has 0 saturated heterocycles. The Morgan fingerprint density at radius 2 is 2.33 bits per heavy atom. The molecule has 1 saturated carbocycles. The Balaban J connectivity index is 2.04. The van der Waals surface area contributed by atoms with E-state index in [2.05, 4.69) is 34.1 Å². The van der Waals surface area contributed by atoms with Crippen molar-refractivity contribution < 1.29 is 4.79 Å². The molecule has 0 unspecified atom stereocenters. The zero-order valence-corrected chi connectivity index (χ0v) is 9.88. The number of halogens is 1. The van der Waals surface area contributed by atoms with Gasteiger partial charge in [0.25, 0.3) is 0 Å². The first kappa shape index (κ1) is 9.40. The summed E-state index contributed by atoms with van der Waals surface area (Å²) in [6.07, 6.45) is 3.13. The van der Waals surface area contributed by atoms with Crippen molar-refractivity contribution in [1.29, 1.82) is 0 Å². The third-order valence-electron chi connectivity index (χ3n) is 3.86. The normalized spacial score (nSPS) is 31.7. The van der Waals surface area contributed by atoms with Gasteiger partial charge < -0.3 is 5.73 Å². The highest BCUT2D eigenvalue weighted by Gasteiger charge is 2.60. The first-order chi connectivity index (χ1) is 7.13. The summed E-state index contributed by atoms with van der Waals surface area (Å²) in [4.78, 5) is 11.2. The van der Waals surface area contributed by atoms with Crippen LogP contribution in [0.15, 0.2) is 22.7 Å². The second-order valence-corrected chi connectivity index (χ2v) is 5.53. The number of carbonyl (C=O) groups excluding carboxylic acids is 1. The fourth-order valence-corrected chi connectivity index (χ4v) is 3.41. The second-order valence-electron chi connectivity index (χ2n) is 4.62. The number of rotatable bonds is 1. The maximum Gasteiger partial charge on any atom is 0.221 e. The van der Waals surface area contributed by atoms with Gasteiger partial charge in [0.1, 0.15) is 0 Å². The van der Waals surface area contributed by atoms with Gasteiger partial charge in [-0.05, 0) is 42.5 Å². The first-order valence-corrected chi connectivity index (χ1v) is 6.01. The monoisotopic (exact) mass is 265 g/mol. The van der Waals surface area contributed by atoms with Gasteiger partial charge in [0.2, 0.25) is 5.91 Å². The molecule has 1 fully saturated rings. The van der Waals surface area contributed by atoms with Crippen LogP contribution in [-0.2, 0) is 16.6 Å². The van der Waals surface area contributed by atoms with Gasteiger partial charge in [-0.3, -0.25) is 4.79 Å². The van der Waals surface area contributed by atoms with Crippen molar-refractivity contribution >= 4 is 21.8 Å². The van der Waals surface area contributed by atoms with Crippen molar-refractivity contribution in [2.24, 2.45) is 11.7 Å². The molecule has 3 rings (SSSR count). The summed E-state index contributed by atoms with van der Waals surface area (Å²) < 4.78 is 1.12. The molecule has 1 spiro atoms. The first-order valence-electron chi connectivity index (χ1n) is 5.22. The van der Waals surface area contributed by atoms with Crippen LogP contribution in [-0.4, -0.2) is 5.91 Å². The minimum atomic E-state index is -0.134. The van der Waals surface area contributed by atoms with E-state index in [0.717, 1.165) is 23.7 Å². The van der Waals surface area contributed by atoms with Crippen LogP contribution in [0.5, 0.6) is 0 Å². The molecule has 0 aliphatic heterocycles. The van der Waals surface area contributed by atoms with Crippen LogP contribution in [0.4, 0.5) is 0 Å². The molecule has 1 aromatic rings. The van der Waals surface area contributed by atoms with Crippen LogP contribution < -0.4 is 5.73 Å². The maximum atomic E-state index is 11.2. The van der Waals surface area contributed by atoms with E-state index in [4.69, 9.17) is 5.73 Å². The minimum absolute atomic E-state index is 0.0833. The van der Waals surface area contributed by atoms with E-state index in [1.165, 1.54) is 11.1 Å². The molecule has 2 aliphatic rings. The molecule has 0 radical (unpaired) electrons. The number of hydrogen-bond donors (Lipinski definition) is 1. The molecule has 3 heteroatoms. The Morgan fingerprint density at radius 3 is 3.00 bits per heavy atom. The molecule has 0 heterocycles. The van der Waals surface area contributed by atoms with Gasteiger partial charge in [0.05, 0.1) is 0 Å². The zero-order chi connectivity index (χ0) is 10.6. The number of primary amides is 1. The molecule has 1 aromatic carbocycles. The highest BCUT2D eigenvalue weighted by atomic mass is 79.9. The van der Waals surface area contributed by atoms with Crippen LogP contribution in [0.25, 0.3) is 0 Å². The summed E-state index contributed by atoms with van der Waals surface area (Å²) in [7, 11) is 0. The molecule has 2 N–H and O–H groups in total. The summed E-state index contributed by atoms with van der Waals surface area (Å²) in [6, 6.07) is 6.37. The van der Waals surface area contributed by atoms with Crippen LogP contribution >= 0.6 is 15.9 Å². The lowest BCUT2D eigenvalue weighted by atomic mass is 9.95. The average molecular weight is 266 g/mol. The van der Waals surface area contributed by atoms with Crippen molar-refractivity contribution in [3.63, 3.8) is 0 Å². The smallest absolute Gasteiger partial charge is 0.221 e. The van der Waals surface area contributed by atoms with Crippen LogP contribution in [0, 0.1) is 5.92 Å². The van der Waals surface area contributed by atoms with Crippen molar-refractivity contribution in [2.45, 2.75) is 24.7 Å². The van der Waals surface area contributed by atoms with Crippen molar-refractivity contribution in [1.82, 2.24) is 0 Å². The van der Waals surface area contributed by atoms with Crippen LogP contribution in [0.2, 0.25) is 0 Å². The number of benzene rings is 1. The quantitative estimate of drug-likeness (QED) is 0.831. The Hall–Kier alpha value is -0.830. The van der Waals surface area contributed by atoms with E-state index in [1.54, 1.807) is 0 Å². The second kappa shape index (κ2) is 2.85. The number of nitrogens with two attached hydrogens (primary N) is 1. The maximum absolute atomic E-state index is 11.2. The lowest BCUT2D eigenvalue weighted by Gasteiger charge is -2.09. The van der Waals surface area contributed by atoms with E-state index in [0.29, 0.717) is 0 Å². The Labute approximate surface area is 97.0 Å². The lowest BCUT2D eigenvalue weighted by molar-refractivity contribution is -0.119. The minimum Gasteiger partial charge on any atom is -0.369 e.